The van der Waals surface area contributed by atoms with Gasteiger partial charge in [-0.2, -0.15) is 0 Å². The van der Waals surface area contributed by atoms with Crippen molar-refractivity contribution in [1.82, 2.24) is 5.32 Å². The molecule has 3 aliphatic rings. The zero-order valence-corrected chi connectivity index (χ0v) is 9.24. The maximum atomic E-state index is 11.7. The van der Waals surface area contributed by atoms with Gasteiger partial charge in [-0.3, -0.25) is 9.59 Å². The third-order valence-corrected chi connectivity index (χ3v) is 4.39. The van der Waals surface area contributed by atoms with Crippen molar-refractivity contribution < 1.29 is 14.7 Å². The predicted molar refractivity (Wildman–Crippen MR) is 56.6 cm³/mol. The van der Waals surface area contributed by atoms with Gasteiger partial charge in [0.2, 0.25) is 5.91 Å². The van der Waals surface area contributed by atoms with E-state index in [0.29, 0.717) is 11.8 Å². The zero-order valence-electron chi connectivity index (χ0n) is 9.24. The van der Waals surface area contributed by atoms with Crippen LogP contribution < -0.4 is 5.32 Å². The molecule has 1 amide bonds. The highest BCUT2D eigenvalue weighted by molar-refractivity contribution is 5.89. The van der Waals surface area contributed by atoms with Gasteiger partial charge in [0.05, 0.1) is 11.8 Å². The fourth-order valence-corrected chi connectivity index (χ4v) is 2.74. The molecule has 0 radical (unpaired) electrons. The van der Waals surface area contributed by atoms with E-state index >= 15 is 0 Å². The Labute approximate surface area is 94.4 Å². The molecule has 4 nitrogen and oxygen atoms in total. The molecule has 3 aliphatic carbocycles. The second-order valence-electron chi connectivity index (χ2n) is 5.64. The molecule has 88 valence electrons. The molecule has 0 aromatic rings. The van der Waals surface area contributed by atoms with Crippen molar-refractivity contribution in [3.63, 3.8) is 0 Å². The van der Waals surface area contributed by atoms with Gasteiger partial charge in [0.1, 0.15) is 0 Å². The quantitative estimate of drug-likeness (QED) is 0.731. The van der Waals surface area contributed by atoms with Gasteiger partial charge in [-0.15, -0.1) is 0 Å². The number of carbonyl (C=O) groups excluding carboxylic acids is 1. The highest BCUT2D eigenvalue weighted by Crippen LogP contribution is 2.60. The molecule has 2 atom stereocenters. The smallest absolute Gasteiger partial charge is 0.307 e. The van der Waals surface area contributed by atoms with Gasteiger partial charge in [0, 0.05) is 6.54 Å². The largest absolute Gasteiger partial charge is 0.481 e. The van der Waals surface area contributed by atoms with E-state index in [-0.39, 0.29) is 11.8 Å². The fraction of sp³-hybridized carbons (Fsp3) is 0.833. The number of rotatable bonds is 5. The predicted octanol–water partition coefficient (Wildman–Crippen LogP) is 1.01. The number of nitrogens with one attached hydrogen (secondary N) is 1. The molecular weight excluding hydrogens is 206 g/mol. The van der Waals surface area contributed by atoms with Crippen LogP contribution in [-0.4, -0.2) is 23.5 Å². The molecule has 16 heavy (non-hydrogen) atoms. The Balaban J connectivity index is 1.46. The Bertz CT molecular complexity index is 344. The summed E-state index contributed by atoms with van der Waals surface area (Å²) in [7, 11) is 0. The van der Waals surface area contributed by atoms with Crippen molar-refractivity contribution in [2.45, 2.75) is 32.1 Å². The monoisotopic (exact) mass is 223 g/mol. The van der Waals surface area contributed by atoms with Crippen molar-refractivity contribution in [3.8, 4) is 0 Å². The van der Waals surface area contributed by atoms with Gasteiger partial charge in [-0.05, 0) is 43.4 Å². The molecular formula is C12H17NO3. The van der Waals surface area contributed by atoms with Crippen LogP contribution in [-0.2, 0) is 9.59 Å². The van der Waals surface area contributed by atoms with Crippen molar-refractivity contribution in [2.24, 2.45) is 23.2 Å². The molecule has 0 bridgehead atoms. The van der Waals surface area contributed by atoms with Crippen molar-refractivity contribution >= 4 is 11.9 Å². The number of hydrogen-bond donors (Lipinski definition) is 2. The van der Waals surface area contributed by atoms with Gasteiger partial charge < -0.3 is 10.4 Å². The summed E-state index contributed by atoms with van der Waals surface area (Å²) in [6.45, 7) is 0.777. The summed E-state index contributed by atoms with van der Waals surface area (Å²) >= 11 is 0. The van der Waals surface area contributed by atoms with Crippen LogP contribution in [0.5, 0.6) is 0 Å². The summed E-state index contributed by atoms with van der Waals surface area (Å²) < 4.78 is 0. The van der Waals surface area contributed by atoms with E-state index in [0.717, 1.165) is 12.5 Å². The maximum absolute atomic E-state index is 11.7. The van der Waals surface area contributed by atoms with E-state index < -0.39 is 11.9 Å². The topological polar surface area (TPSA) is 66.4 Å². The van der Waals surface area contributed by atoms with Gasteiger partial charge in [-0.1, -0.05) is 0 Å². The number of hydrogen-bond acceptors (Lipinski definition) is 2. The molecule has 0 aromatic carbocycles. The number of carboxylic acid groups (broad SMARTS) is 1. The van der Waals surface area contributed by atoms with E-state index in [2.05, 4.69) is 5.32 Å². The number of carboxylic acids is 1. The lowest BCUT2D eigenvalue weighted by atomic mass is 10.0. The van der Waals surface area contributed by atoms with Crippen LogP contribution >= 0.6 is 0 Å². The van der Waals surface area contributed by atoms with E-state index in [1.54, 1.807) is 0 Å². The SMILES string of the molecule is O=C(NCC1(C2CC2)CC1)[C@H]1C[C@H]1C(=O)O. The first kappa shape index (κ1) is 10.1. The molecule has 0 unspecified atom stereocenters. The second kappa shape index (κ2) is 3.22. The highest BCUT2D eigenvalue weighted by Gasteiger charge is 2.54. The van der Waals surface area contributed by atoms with Crippen LogP contribution in [0.15, 0.2) is 0 Å². The van der Waals surface area contributed by atoms with Gasteiger partial charge in [-0.25, -0.2) is 0 Å². The molecule has 3 saturated carbocycles. The minimum atomic E-state index is -0.830. The van der Waals surface area contributed by atoms with Crippen LogP contribution in [0, 0.1) is 23.2 Å². The zero-order chi connectivity index (χ0) is 11.3. The molecule has 0 saturated heterocycles. The van der Waals surface area contributed by atoms with E-state index in [1.807, 2.05) is 0 Å². The van der Waals surface area contributed by atoms with E-state index in [4.69, 9.17) is 5.11 Å². The van der Waals surface area contributed by atoms with Crippen molar-refractivity contribution in [2.75, 3.05) is 6.54 Å². The summed E-state index contributed by atoms with van der Waals surface area (Å²) in [4.78, 5) is 22.3. The Kier molecular flexibility index (Phi) is 2.03. The molecule has 0 spiro atoms. The normalized spacial score (nSPS) is 34.2. The van der Waals surface area contributed by atoms with Crippen LogP contribution in [0.1, 0.15) is 32.1 Å². The number of amides is 1. The lowest BCUT2D eigenvalue weighted by Gasteiger charge is -2.14. The van der Waals surface area contributed by atoms with Crippen molar-refractivity contribution in [1.29, 1.82) is 0 Å². The third kappa shape index (κ3) is 1.70. The fourth-order valence-electron chi connectivity index (χ4n) is 2.74. The molecule has 0 aliphatic heterocycles. The number of aliphatic carboxylic acids is 1. The molecule has 3 fully saturated rings. The van der Waals surface area contributed by atoms with Crippen LogP contribution in [0.2, 0.25) is 0 Å². The molecule has 3 rings (SSSR count). The lowest BCUT2D eigenvalue weighted by molar-refractivity contribution is -0.140. The minimum absolute atomic E-state index is 0.0423. The average molecular weight is 223 g/mol. The summed E-state index contributed by atoms with van der Waals surface area (Å²) in [5.74, 6) is -0.714. The van der Waals surface area contributed by atoms with E-state index in [9.17, 15) is 9.59 Å². The highest BCUT2D eigenvalue weighted by atomic mass is 16.4. The van der Waals surface area contributed by atoms with Gasteiger partial charge >= 0.3 is 5.97 Å². The lowest BCUT2D eigenvalue weighted by Crippen LogP contribution is -2.33. The molecule has 0 heterocycles. The molecule has 4 heteroatoms. The Morgan fingerprint density at radius 2 is 1.94 bits per heavy atom. The first-order valence-corrected chi connectivity index (χ1v) is 6.13. The first-order chi connectivity index (χ1) is 7.62. The van der Waals surface area contributed by atoms with Gasteiger partial charge in [0.15, 0.2) is 0 Å². The third-order valence-electron chi connectivity index (χ3n) is 4.39. The Morgan fingerprint density at radius 1 is 1.25 bits per heavy atom. The summed E-state index contributed by atoms with van der Waals surface area (Å²) in [5, 5.41) is 11.7. The van der Waals surface area contributed by atoms with Crippen molar-refractivity contribution in [3.05, 3.63) is 0 Å². The summed E-state index contributed by atoms with van der Waals surface area (Å²) in [5.41, 5.74) is 0.406. The maximum Gasteiger partial charge on any atom is 0.307 e. The van der Waals surface area contributed by atoms with E-state index in [1.165, 1.54) is 25.7 Å². The molecule has 2 N–H and O–H groups in total. The second-order valence-corrected chi connectivity index (χ2v) is 5.64. The standard InChI is InChI=1S/C12H17NO3/c14-10(8-5-9(8)11(15)16)13-6-12(3-4-12)7-1-2-7/h7-9H,1-6H2,(H,13,14)(H,15,16)/t8-,9+/m0/s1. The van der Waals surface area contributed by atoms with Crippen LogP contribution in [0.3, 0.4) is 0 Å². The van der Waals surface area contributed by atoms with Crippen LogP contribution in [0.4, 0.5) is 0 Å². The number of carbonyl (C=O) groups is 2. The summed E-state index contributed by atoms with van der Waals surface area (Å²) in [6.07, 6.45) is 5.64. The summed E-state index contributed by atoms with van der Waals surface area (Å²) in [6, 6.07) is 0. The van der Waals surface area contributed by atoms with Crippen LogP contribution in [0.25, 0.3) is 0 Å². The molecule has 0 aromatic heterocycles. The minimum Gasteiger partial charge on any atom is -0.481 e. The Morgan fingerprint density at radius 3 is 2.38 bits per heavy atom. The Hall–Kier alpha value is -1.06. The first-order valence-electron chi connectivity index (χ1n) is 6.13. The average Bonchev–Trinajstić information content (AvgIpc) is 3.16. The van der Waals surface area contributed by atoms with Gasteiger partial charge in [0.25, 0.3) is 0 Å².